The van der Waals surface area contributed by atoms with Gasteiger partial charge < -0.3 is 0 Å². The Balaban J connectivity index is 1.78. The smallest absolute Gasteiger partial charge is 0.117 e. The molecule has 0 saturated carbocycles. The van der Waals surface area contributed by atoms with E-state index in [1.54, 1.807) is 9.00 Å². The first-order chi connectivity index (χ1) is 12.9. The fourth-order valence-corrected chi connectivity index (χ4v) is 9.49. The third-order valence-corrected chi connectivity index (χ3v) is 14.2. The molecule has 0 amide bonds. The Kier molecular flexibility index (Phi) is 6.15. The molecular weight excluding hydrogens is 377 g/mol. The maximum absolute atomic E-state index is 2.46. The van der Waals surface area contributed by atoms with Gasteiger partial charge in [-0.15, -0.1) is 0 Å². The van der Waals surface area contributed by atoms with Crippen LogP contribution in [-0.4, -0.2) is 16.1 Å². The summed E-state index contributed by atoms with van der Waals surface area (Å²) in [6, 6.07) is 26.0. The van der Waals surface area contributed by atoms with Crippen molar-refractivity contribution in [1.82, 2.24) is 0 Å². The van der Waals surface area contributed by atoms with Crippen LogP contribution in [0.15, 0.2) is 84.2 Å². The lowest BCUT2D eigenvalue weighted by atomic mass is 10.2. The van der Waals surface area contributed by atoms with Gasteiger partial charge in [0.15, 0.2) is 0 Å². The Labute approximate surface area is 169 Å². The highest BCUT2D eigenvalue weighted by atomic mass is 32.1. The first-order valence-electron chi connectivity index (χ1n) is 9.46. The zero-order valence-corrected chi connectivity index (χ0v) is 19.5. The third-order valence-electron chi connectivity index (χ3n) is 4.86. The number of benzene rings is 2. The van der Waals surface area contributed by atoms with Crippen molar-refractivity contribution in [2.24, 2.45) is 0 Å². The van der Waals surface area contributed by atoms with Crippen molar-refractivity contribution in [3.63, 3.8) is 0 Å². The maximum atomic E-state index is 2.46. The molecule has 0 unspecified atom stereocenters. The Hall–Kier alpha value is -1.95. The van der Waals surface area contributed by atoms with Crippen molar-refractivity contribution >= 4 is 48.6 Å². The number of hydrogen-bond acceptors (Lipinski definition) is 1. The normalized spacial score (nSPS) is 12.9. The summed E-state index contributed by atoms with van der Waals surface area (Å²) in [4.78, 5) is 0. The zero-order chi connectivity index (χ0) is 19.3. The number of rotatable bonds is 6. The molecule has 0 spiro atoms. The molecular formula is C24H28SSi2. The van der Waals surface area contributed by atoms with Crippen LogP contribution in [0.1, 0.15) is 11.1 Å². The summed E-state index contributed by atoms with van der Waals surface area (Å²) in [5.74, 6) is 0. The molecule has 3 aromatic rings. The average Bonchev–Trinajstić information content (AvgIpc) is 3.19. The minimum absolute atomic E-state index is 1.29. The standard InChI is InChI=1S/C24H28SSi2/c1-26(2,19-17-21-11-7-5-8-12-21)23-15-16-24(25-23)27(3,4)20-18-22-13-9-6-10-14-22/h5-20H,1-4H3/b19-17+,20-18+. The molecule has 3 heteroatoms. The molecule has 1 heterocycles. The average molecular weight is 405 g/mol. The second-order valence-electron chi connectivity index (χ2n) is 8.10. The predicted octanol–water partition coefficient (Wildman–Crippen LogP) is 6.08. The summed E-state index contributed by atoms with van der Waals surface area (Å²) in [6.45, 7) is 9.76. The van der Waals surface area contributed by atoms with Gasteiger partial charge in [0.2, 0.25) is 0 Å². The molecule has 2 aromatic carbocycles. The van der Waals surface area contributed by atoms with Gasteiger partial charge in [-0.3, -0.25) is 0 Å². The van der Waals surface area contributed by atoms with E-state index in [9.17, 15) is 0 Å². The van der Waals surface area contributed by atoms with Gasteiger partial charge in [0.25, 0.3) is 0 Å². The molecule has 0 aliphatic rings. The van der Waals surface area contributed by atoms with Crippen molar-refractivity contribution < 1.29 is 0 Å². The molecule has 0 radical (unpaired) electrons. The van der Waals surface area contributed by atoms with Crippen LogP contribution in [0.25, 0.3) is 12.2 Å². The van der Waals surface area contributed by atoms with Gasteiger partial charge in [0.05, 0.1) is 0 Å². The van der Waals surface area contributed by atoms with Crippen LogP contribution in [0.2, 0.25) is 26.2 Å². The predicted molar refractivity (Wildman–Crippen MR) is 130 cm³/mol. The summed E-state index contributed by atoms with van der Waals surface area (Å²) in [7, 11) is -3.14. The van der Waals surface area contributed by atoms with Crippen molar-refractivity contribution in [3.8, 4) is 0 Å². The van der Waals surface area contributed by atoms with Crippen molar-refractivity contribution in [3.05, 3.63) is 95.3 Å². The van der Waals surface area contributed by atoms with E-state index in [1.165, 1.54) is 11.1 Å². The van der Waals surface area contributed by atoms with Gasteiger partial charge in [-0.25, -0.2) is 0 Å². The van der Waals surface area contributed by atoms with Gasteiger partial charge in [-0.1, -0.05) is 123 Å². The van der Waals surface area contributed by atoms with E-state index in [4.69, 9.17) is 0 Å². The monoisotopic (exact) mass is 404 g/mol. The van der Waals surface area contributed by atoms with Crippen LogP contribution in [0, 0.1) is 0 Å². The first-order valence-corrected chi connectivity index (χ1v) is 16.4. The lowest BCUT2D eigenvalue weighted by Crippen LogP contribution is -2.40. The molecule has 3 rings (SSSR count). The lowest BCUT2D eigenvalue weighted by molar-refractivity contribution is 1.66. The van der Waals surface area contributed by atoms with E-state index in [-0.39, 0.29) is 0 Å². The Morgan fingerprint density at radius 1 is 0.556 bits per heavy atom. The second-order valence-corrected chi connectivity index (χ2v) is 18.5. The summed E-state index contributed by atoms with van der Waals surface area (Å²) in [6.07, 6.45) is 4.59. The molecule has 0 fully saturated rings. The van der Waals surface area contributed by atoms with Crippen LogP contribution in [0.3, 0.4) is 0 Å². The Bertz CT molecular complexity index is 843. The fourth-order valence-electron chi connectivity index (χ4n) is 2.93. The quantitative estimate of drug-likeness (QED) is 0.436. The SMILES string of the molecule is C[Si](C)(/C=C/c1ccccc1)c1ccc([Si](C)(C)/C=C/c2ccccc2)s1. The molecule has 0 nitrogen and oxygen atoms in total. The molecule has 0 N–H and O–H groups in total. The van der Waals surface area contributed by atoms with Crippen molar-refractivity contribution in [1.29, 1.82) is 0 Å². The van der Waals surface area contributed by atoms with E-state index in [2.05, 4.69) is 123 Å². The van der Waals surface area contributed by atoms with E-state index < -0.39 is 16.1 Å². The highest BCUT2D eigenvalue weighted by molar-refractivity contribution is 7.36. The lowest BCUT2D eigenvalue weighted by Gasteiger charge is -2.18. The molecule has 0 aliphatic heterocycles. The summed E-state index contributed by atoms with van der Waals surface area (Å²) in [5, 5.41) is 0. The topological polar surface area (TPSA) is 0 Å². The van der Waals surface area contributed by atoms with Crippen LogP contribution in [0.5, 0.6) is 0 Å². The maximum Gasteiger partial charge on any atom is 0.117 e. The molecule has 0 aliphatic carbocycles. The third kappa shape index (κ3) is 5.28. The molecule has 0 bridgehead atoms. The summed E-state index contributed by atoms with van der Waals surface area (Å²) in [5.41, 5.74) is 7.50. The molecule has 27 heavy (non-hydrogen) atoms. The van der Waals surface area contributed by atoms with Gasteiger partial charge in [-0.2, -0.15) is 11.3 Å². The second kappa shape index (κ2) is 8.38. The van der Waals surface area contributed by atoms with Crippen LogP contribution in [-0.2, 0) is 0 Å². The van der Waals surface area contributed by atoms with Gasteiger partial charge in [-0.05, 0) is 20.1 Å². The summed E-state index contributed by atoms with van der Waals surface area (Å²) >= 11 is 2.04. The zero-order valence-electron chi connectivity index (χ0n) is 16.6. The molecule has 138 valence electrons. The molecule has 0 saturated heterocycles. The molecule has 1 aromatic heterocycles. The fraction of sp³-hybridized carbons (Fsp3) is 0.167. The van der Waals surface area contributed by atoms with Crippen LogP contribution < -0.4 is 9.00 Å². The highest BCUT2D eigenvalue weighted by Gasteiger charge is 2.27. The van der Waals surface area contributed by atoms with Gasteiger partial charge >= 0.3 is 0 Å². The van der Waals surface area contributed by atoms with E-state index >= 15 is 0 Å². The highest BCUT2D eigenvalue weighted by Crippen LogP contribution is 2.16. The van der Waals surface area contributed by atoms with E-state index in [0.29, 0.717) is 0 Å². The number of thiophene rings is 1. The van der Waals surface area contributed by atoms with Crippen LogP contribution in [0.4, 0.5) is 0 Å². The Morgan fingerprint density at radius 2 is 0.926 bits per heavy atom. The number of hydrogen-bond donors (Lipinski definition) is 0. The van der Waals surface area contributed by atoms with E-state index in [1.807, 2.05) is 11.3 Å². The van der Waals surface area contributed by atoms with Crippen molar-refractivity contribution in [2.45, 2.75) is 26.2 Å². The van der Waals surface area contributed by atoms with Gasteiger partial charge in [0, 0.05) is 0 Å². The largest absolute Gasteiger partial charge is 0.154 e. The van der Waals surface area contributed by atoms with Gasteiger partial charge in [0.1, 0.15) is 16.1 Å². The minimum atomic E-state index is -1.57. The molecule has 0 atom stereocenters. The Morgan fingerprint density at radius 3 is 1.30 bits per heavy atom. The van der Waals surface area contributed by atoms with E-state index in [0.717, 1.165) is 0 Å². The van der Waals surface area contributed by atoms with Crippen LogP contribution >= 0.6 is 11.3 Å². The minimum Gasteiger partial charge on any atom is -0.154 e. The first kappa shape index (κ1) is 19.8. The van der Waals surface area contributed by atoms with Crippen molar-refractivity contribution in [2.75, 3.05) is 0 Å². The summed E-state index contributed by atoms with van der Waals surface area (Å²) < 4.78 is 3.14.